The molecule has 0 aliphatic heterocycles. The molecule has 2 nitrogen and oxygen atoms in total. The molecule has 0 radical (unpaired) electrons. The van der Waals surface area contributed by atoms with Gasteiger partial charge >= 0.3 is 0 Å². The second-order valence-corrected chi connectivity index (χ2v) is 5.92. The lowest BCUT2D eigenvalue weighted by atomic mass is 10.1. The smallest absolute Gasteiger partial charge is 0.140 e. The van der Waals surface area contributed by atoms with Crippen molar-refractivity contribution in [2.75, 3.05) is 11.9 Å². The molecule has 0 atom stereocenters. The van der Waals surface area contributed by atoms with Crippen molar-refractivity contribution >= 4 is 37.7 Å². The first-order chi connectivity index (χ1) is 6.59. The predicted molar refractivity (Wildman–Crippen MR) is 65.5 cm³/mol. The van der Waals surface area contributed by atoms with Gasteiger partial charge in [0.15, 0.2) is 0 Å². The van der Waals surface area contributed by atoms with Crippen LogP contribution < -0.4 is 5.32 Å². The van der Waals surface area contributed by atoms with Gasteiger partial charge in [0.2, 0.25) is 0 Å². The molecular formula is C10H12Br2N2. The van der Waals surface area contributed by atoms with Gasteiger partial charge in [0.25, 0.3) is 0 Å². The molecule has 1 aliphatic rings. The number of hydrogen-bond donors (Lipinski definition) is 1. The van der Waals surface area contributed by atoms with Crippen LogP contribution in [0.25, 0.3) is 0 Å². The lowest BCUT2D eigenvalue weighted by molar-refractivity contribution is 0.609. The molecule has 1 N–H and O–H groups in total. The van der Waals surface area contributed by atoms with Crippen molar-refractivity contribution in [2.45, 2.75) is 19.8 Å². The quantitative estimate of drug-likeness (QED) is 0.916. The zero-order chi connectivity index (χ0) is 10.2. The van der Waals surface area contributed by atoms with E-state index < -0.39 is 0 Å². The van der Waals surface area contributed by atoms with Gasteiger partial charge in [0.05, 0.1) is 4.47 Å². The van der Waals surface area contributed by atoms with E-state index in [0.29, 0.717) is 5.41 Å². The third-order valence-corrected chi connectivity index (χ3v) is 3.63. The Morgan fingerprint density at radius 3 is 2.79 bits per heavy atom. The van der Waals surface area contributed by atoms with E-state index in [0.717, 1.165) is 21.3 Å². The SMILES string of the molecule is CC1(CNc2ncc(Br)cc2Br)CC1. The minimum absolute atomic E-state index is 0.508. The summed E-state index contributed by atoms with van der Waals surface area (Å²) in [5.41, 5.74) is 0.508. The number of halogens is 2. The summed E-state index contributed by atoms with van der Waals surface area (Å²) in [6.45, 7) is 3.31. The molecule has 2 rings (SSSR count). The van der Waals surface area contributed by atoms with Gasteiger partial charge in [-0.3, -0.25) is 0 Å². The van der Waals surface area contributed by atoms with Crippen molar-refractivity contribution < 1.29 is 0 Å². The maximum absolute atomic E-state index is 4.30. The highest BCUT2D eigenvalue weighted by atomic mass is 79.9. The van der Waals surface area contributed by atoms with Gasteiger partial charge in [-0.05, 0) is 56.2 Å². The van der Waals surface area contributed by atoms with Crippen LogP contribution in [0.3, 0.4) is 0 Å². The highest BCUT2D eigenvalue weighted by molar-refractivity contribution is 9.11. The lowest BCUT2D eigenvalue weighted by Crippen LogP contribution is -2.12. The van der Waals surface area contributed by atoms with Crippen LogP contribution in [0.5, 0.6) is 0 Å². The minimum atomic E-state index is 0.508. The Hall–Kier alpha value is -0.0900. The summed E-state index contributed by atoms with van der Waals surface area (Å²) in [5, 5.41) is 3.36. The molecule has 0 amide bonds. The van der Waals surface area contributed by atoms with Crippen LogP contribution in [-0.2, 0) is 0 Å². The molecule has 0 spiro atoms. The molecule has 1 saturated carbocycles. The van der Waals surface area contributed by atoms with Gasteiger partial charge in [-0.1, -0.05) is 6.92 Å². The number of nitrogens with one attached hydrogen (secondary N) is 1. The maximum atomic E-state index is 4.30. The average Bonchev–Trinajstić information content (AvgIpc) is 2.83. The van der Waals surface area contributed by atoms with Crippen LogP contribution in [0.1, 0.15) is 19.8 Å². The summed E-state index contributed by atoms with van der Waals surface area (Å²) in [6, 6.07) is 2.00. The molecule has 1 aliphatic carbocycles. The summed E-state index contributed by atoms with van der Waals surface area (Å²) in [7, 11) is 0. The molecule has 1 heterocycles. The molecule has 0 unspecified atom stereocenters. The molecule has 1 fully saturated rings. The van der Waals surface area contributed by atoms with Gasteiger partial charge in [-0.25, -0.2) is 4.98 Å². The van der Waals surface area contributed by atoms with Gasteiger partial charge in [-0.2, -0.15) is 0 Å². The second-order valence-electron chi connectivity index (χ2n) is 4.15. The Kier molecular flexibility index (Phi) is 2.84. The number of anilines is 1. The third kappa shape index (κ3) is 2.48. The van der Waals surface area contributed by atoms with Gasteiger partial charge < -0.3 is 5.32 Å². The van der Waals surface area contributed by atoms with Crippen LogP contribution >= 0.6 is 31.9 Å². The van der Waals surface area contributed by atoms with Crippen LogP contribution in [0.15, 0.2) is 21.2 Å². The highest BCUT2D eigenvalue weighted by Gasteiger charge is 2.36. The molecule has 0 bridgehead atoms. The monoisotopic (exact) mass is 318 g/mol. The first kappa shape index (κ1) is 10.4. The molecule has 0 aromatic carbocycles. The van der Waals surface area contributed by atoms with Crippen molar-refractivity contribution in [2.24, 2.45) is 5.41 Å². The molecule has 76 valence electrons. The number of hydrogen-bond acceptors (Lipinski definition) is 2. The van der Waals surface area contributed by atoms with Gasteiger partial charge in [0, 0.05) is 17.2 Å². The zero-order valence-electron chi connectivity index (χ0n) is 7.98. The van der Waals surface area contributed by atoms with Crippen molar-refractivity contribution in [3.63, 3.8) is 0 Å². The molecular weight excluding hydrogens is 308 g/mol. The first-order valence-electron chi connectivity index (χ1n) is 4.64. The standard InChI is InChI=1S/C10H12Br2N2/c1-10(2-3-10)6-14-9-8(12)4-7(11)5-13-9/h4-5H,2-3,6H2,1H3,(H,13,14). The van der Waals surface area contributed by atoms with E-state index in [1.807, 2.05) is 12.3 Å². The zero-order valence-corrected chi connectivity index (χ0v) is 11.2. The molecule has 1 aromatic rings. The molecule has 4 heteroatoms. The molecule has 0 saturated heterocycles. The summed E-state index contributed by atoms with van der Waals surface area (Å²) in [6.07, 6.45) is 4.46. The number of aromatic nitrogens is 1. The minimum Gasteiger partial charge on any atom is -0.369 e. The lowest BCUT2D eigenvalue weighted by Gasteiger charge is -2.11. The summed E-state index contributed by atoms with van der Waals surface area (Å²) < 4.78 is 2.00. The number of pyridine rings is 1. The number of rotatable bonds is 3. The fourth-order valence-electron chi connectivity index (χ4n) is 1.23. The maximum Gasteiger partial charge on any atom is 0.140 e. The fraction of sp³-hybridized carbons (Fsp3) is 0.500. The van der Waals surface area contributed by atoms with E-state index in [9.17, 15) is 0 Å². The van der Waals surface area contributed by atoms with Gasteiger partial charge in [-0.15, -0.1) is 0 Å². The fourth-order valence-corrected chi connectivity index (χ4v) is 2.36. The topological polar surface area (TPSA) is 24.9 Å². The predicted octanol–water partition coefficient (Wildman–Crippen LogP) is 3.82. The Bertz CT molecular complexity index is 348. The summed E-state index contributed by atoms with van der Waals surface area (Å²) in [4.78, 5) is 4.30. The van der Waals surface area contributed by atoms with Crippen LogP contribution in [0.4, 0.5) is 5.82 Å². The van der Waals surface area contributed by atoms with E-state index in [-0.39, 0.29) is 0 Å². The summed E-state index contributed by atoms with van der Waals surface area (Å²) >= 11 is 6.86. The van der Waals surface area contributed by atoms with E-state index in [1.54, 1.807) is 0 Å². The third-order valence-electron chi connectivity index (χ3n) is 2.59. The van der Waals surface area contributed by atoms with Crippen molar-refractivity contribution in [1.82, 2.24) is 4.98 Å². The van der Waals surface area contributed by atoms with Crippen LogP contribution in [-0.4, -0.2) is 11.5 Å². The van der Waals surface area contributed by atoms with Crippen LogP contribution in [0.2, 0.25) is 0 Å². The normalized spacial score (nSPS) is 17.9. The van der Waals surface area contributed by atoms with Crippen LogP contribution in [0, 0.1) is 5.41 Å². The molecule has 14 heavy (non-hydrogen) atoms. The van der Waals surface area contributed by atoms with Gasteiger partial charge in [0.1, 0.15) is 5.82 Å². The summed E-state index contributed by atoms with van der Waals surface area (Å²) in [5.74, 6) is 0.932. The Morgan fingerprint density at radius 1 is 1.50 bits per heavy atom. The van der Waals surface area contributed by atoms with E-state index in [1.165, 1.54) is 12.8 Å². The van der Waals surface area contributed by atoms with E-state index in [4.69, 9.17) is 0 Å². The van der Waals surface area contributed by atoms with Crippen molar-refractivity contribution in [3.05, 3.63) is 21.2 Å². The Morgan fingerprint density at radius 2 is 2.21 bits per heavy atom. The second kappa shape index (κ2) is 3.81. The van der Waals surface area contributed by atoms with E-state index in [2.05, 4.69) is 49.1 Å². The largest absolute Gasteiger partial charge is 0.369 e. The number of nitrogens with zero attached hydrogens (tertiary/aromatic N) is 1. The van der Waals surface area contributed by atoms with E-state index >= 15 is 0 Å². The van der Waals surface area contributed by atoms with Crippen molar-refractivity contribution in [3.8, 4) is 0 Å². The highest BCUT2D eigenvalue weighted by Crippen LogP contribution is 2.44. The average molecular weight is 320 g/mol. The van der Waals surface area contributed by atoms with Crippen molar-refractivity contribution in [1.29, 1.82) is 0 Å². The Labute approximate surface area is 101 Å². The Balaban J connectivity index is 2.02. The molecule has 1 aromatic heterocycles. The first-order valence-corrected chi connectivity index (χ1v) is 6.23.